The van der Waals surface area contributed by atoms with E-state index in [-0.39, 0.29) is 17.0 Å². The Morgan fingerprint density at radius 1 is 1.47 bits per heavy atom. The van der Waals surface area contributed by atoms with Crippen LogP contribution < -0.4 is 4.72 Å². The third-order valence-corrected chi connectivity index (χ3v) is 3.06. The van der Waals surface area contributed by atoms with Gasteiger partial charge in [-0.1, -0.05) is 6.08 Å². The number of carbonyl (C=O) groups is 1. The van der Waals surface area contributed by atoms with E-state index in [0.717, 1.165) is 12.1 Å². The average Bonchev–Trinajstić information content (AvgIpc) is 2.15. The maximum Gasteiger partial charge on any atom is 0.339 e. The van der Waals surface area contributed by atoms with E-state index in [2.05, 4.69) is 11.3 Å². The molecule has 3 N–H and O–H groups in total. The summed E-state index contributed by atoms with van der Waals surface area (Å²) in [7, 11) is -3.56. The third kappa shape index (κ3) is 3.49. The Kier molecular flexibility index (Phi) is 3.74. The van der Waals surface area contributed by atoms with Crippen LogP contribution in [0.3, 0.4) is 0 Å². The molecule has 7 heteroatoms. The minimum atomic E-state index is -3.56. The lowest BCUT2D eigenvalue weighted by Gasteiger charge is -2.07. The van der Waals surface area contributed by atoms with Gasteiger partial charge in [0.05, 0.1) is 11.4 Å². The second kappa shape index (κ2) is 4.88. The number of anilines is 1. The van der Waals surface area contributed by atoms with Crippen LogP contribution in [-0.2, 0) is 10.0 Å². The Balaban J connectivity index is 2.99. The van der Waals surface area contributed by atoms with Crippen LogP contribution in [0.5, 0.6) is 5.75 Å². The van der Waals surface area contributed by atoms with E-state index >= 15 is 0 Å². The van der Waals surface area contributed by atoms with Gasteiger partial charge in [-0.15, -0.1) is 6.58 Å². The summed E-state index contributed by atoms with van der Waals surface area (Å²) in [5.41, 5.74) is -0.203. The van der Waals surface area contributed by atoms with E-state index in [4.69, 9.17) is 5.11 Å². The fraction of sp³-hybridized carbons (Fsp3) is 0.100. The molecule has 0 aromatic heterocycles. The van der Waals surface area contributed by atoms with Gasteiger partial charge in [0.2, 0.25) is 10.0 Å². The van der Waals surface area contributed by atoms with Crippen LogP contribution in [0, 0.1) is 0 Å². The van der Waals surface area contributed by atoms with Crippen LogP contribution in [0.4, 0.5) is 5.69 Å². The summed E-state index contributed by atoms with van der Waals surface area (Å²) in [4.78, 5) is 10.6. The second-order valence-corrected chi connectivity index (χ2v) is 4.98. The van der Waals surface area contributed by atoms with Crippen molar-refractivity contribution in [3.63, 3.8) is 0 Å². The minimum absolute atomic E-state index is 0.0920. The summed E-state index contributed by atoms with van der Waals surface area (Å²) < 4.78 is 24.9. The number of hydrogen-bond acceptors (Lipinski definition) is 4. The smallest absolute Gasteiger partial charge is 0.339 e. The Labute approximate surface area is 98.3 Å². The van der Waals surface area contributed by atoms with Gasteiger partial charge in [0.15, 0.2) is 0 Å². The van der Waals surface area contributed by atoms with Gasteiger partial charge in [-0.2, -0.15) is 0 Å². The number of aromatic carboxylic acids is 1. The predicted octanol–water partition coefficient (Wildman–Crippen LogP) is 1.02. The summed E-state index contributed by atoms with van der Waals surface area (Å²) in [5, 5.41) is 18.0. The highest BCUT2D eigenvalue weighted by Crippen LogP contribution is 2.22. The second-order valence-electron chi connectivity index (χ2n) is 3.21. The molecule has 0 saturated heterocycles. The van der Waals surface area contributed by atoms with Crippen molar-refractivity contribution < 1.29 is 23.4 Å². The molecule has 0 aliphatic carbocycles. The van der Waals surface area contributed by atoms with Crippen LogP contribution >= 0.6 is 0 Å². The molecule has 0 radical (unpaired) electrons. The van der Waals surface area contributed by atoms with Gasteiger partial charge in [-0.3, -0.25) is 4.72 Å². The van der Waals surface area contributed by atoms with Crippen LogP contribution in [0.15, 0.2) is 30.9 Å². The summed E-state index contributed by atoms with van der Waals surface area (Å²) in [5.74, 6) is -2.06. The predicted molar refractivity (Wildman–Crippen MR) is 62.7 cm³/mol. The molecule has 0 fully saturated rings. The SMILES string of the molecule is C=CCS(=O)(=O)Nc1ccc(C(=O)O)c(O)c1. The van der Waals surface area contributed by atoms with Crippen molar-refractivity contribution in [2.45, 2.75) is 0 Å². The molecule has 0 bridgehead atoms. The van der Waals surface area contributed by atoms with Gasteiger partial charge >= 0.3 is 5.97 Å². The van der Waals surface area contributed by atoms with Crippen LogP contribution in [-0.4, -0.2) is 30.4 Å². The molecule has 6 nitrogen and oxygen atoms in total. The molecule has 0 amide bonds. The lowest BCUT2D eigenvalue weighted by Crippen LogP contribution is -2.15. The normalized spacial score (nSPS) is 10.8. The number of sulfonamides is 1. The number of aromatic hydroxyl groups is 1. The molecule has 0 atom stereocenters. The Morgan fingerprint density at radius 3 is 2.59 bits per heavy atom. The highest BCUT2D eigenvalue weighted by Gasteiger charge is 2.12. The largest absolute Gasteiger partial charge is 0.507 e. The van der Waals surface area contributed by atoms with E-state index in [1.165, 1.54) is 12.1 Å². The van der Waals surface area contributed by atoms with Crippen molar-refractivity contribution in [1.82, 2.24) is 0 Å². The molecule has 0 heterocycles. The fourth-order valence-corrected chi connectivity index (χ4v) is 2.03. The molecular weight excluding hydrogens is 246 g/mol. The lowest BCUT2D eigenvalue weighted by atomic mass is 10.2. The Hall–Kier alpha value is -2.02. The van der Waals surface area contributed by atoms with Crippen molar-refractivity contribution in [2.75, 3.05) is 10.5 Å². The minimum Gasteiger partial charge on any atom is -0.507 e. The summed E-state index contributed by atoms with van der Waals surface area (Å²) in [6.07, 6.45) is 1.22. The molecule has 0 saturated carbocycles. The van der Waals surface area contributed by atoms with E-state index < -0.39 is 21.7 Å². The Bertz CT molecular complexity index is 550. The highest BCUT2D eigenvalue weighted by atomic mass is 32.2. The topological polar surface area (TPSA) is 104 Å². The third-order valence-electron chi connectivity index (χ3n) is 1.84. The quantitative estimate of drug-likeness (QED) is 0.683. The Morgan fingerprint density at radius 2 is 2.12 bits per heavy atom. The summed E-state index contributed by atoms with van der Waals surface area (Å²) in [6.45, 7) is 3.30. The molecule has 0 spiro atoms. The number of phenols is 1. The first kappa shape index (κ1) is 13.0. The van der Waals surface area contributed by atoms with E-state index in [1.807, 2.05) is 0 Å². The molecule has 1 aromatic carbocycles. The first-order chi connectivity index (χ1) is 7.85. The van der Waals surface area contributed by atoms with Gasteiger partial charge < -0.3 is 10.2 Å². The van der Waals surface area contributed by atoms with Gasteiger partial charge in [0, 0.05) is 6.07 Å². The number of carboxylic acid groups (broad SMARTS) is 1. The number of rotatable bonds is 5. The van der Waals surface area contributed by atoms with Gasteiger partial charge in [0.1, 0.15) is 11.3 Å². The molecule has 0 aliphatic rings. The van der Waals surface area contributed by atoms with Gasteiger partial charge in [0.25, 0.3) is 0 Å². The van der Waals surface area contributed by atoms with E-state index in [0.29, 0.717) is 0 Å². The average molecular weight is 257 g/mol. The number of carboxylic acids is 1. The van der Waals surface area contributed by atoms with Gasteiger partial charge in [-0.05, 0) is 12.1 Å². The molecule has 1 aromatic rings. The maximum absolute atomic E-state index is 11.3. The first-order valence-electron chi connectivity index (χ1n) is 4.53. The van der Waals surface area contributed by atoms with Crippen LogP contribution in [0.2, 0.25) is 0 Å². The van der Waals surface area contributed by atoms with Gasteiger partial charge in [-0.25, -0.2) is 13.2 Å². The standard InChI is InChI=1S/C10H11NO5S/c1-2-5-17(15,16)11-7-3-4-8(10(13)14)9(12)6-7/h2-4,6,11-12H,1,5H2,(H,13,14). The zero-order chi connectivity index (χ0) is 13.1. The van der Waals surface area contributed by atoms with Crippen LogP contribution in [0.1, 0.15) is 10.4 Å². The van der Waals surface area contributed by atoms with Crippen molar-refractivity contribution in [1.29, 1.82) is 0 Å². The first-order valence-corrected chi connectivity index (χ1v) is 6.18. The van der Waals surface area contributed by atoms with Crippen molar-refractivity contribution in [3.05, 3.63) is 36.4 Å². The lowest BCUT2D eigenvalue weighted by molar-refractivity contribution is 0.0694. The summed E-state index contributed by atoms with van der Waals surface area (Å²) >= 11 is 0. The monoisotopic (exact) mass is 257 g/mol. The fourth-order valence-electron chi connectivity index (χ4n) is 1.15. The van der Waals surface area contributed by atoms with Crippen molar-refractivity contribution in [2.24, 2.45) is 0 Å². The van der Waals surface area contributed by atoms with E-state index in [9.17, 15) is 18.3 Å². The molecule has 92 valence electrons. The van der Waals surface area contributed by atoms with Crippen molar-refractivity contribution in [3.8, 4) is 5.75 Å². The number of hydrogen-bond donors (Lipinski definition) is 3. The maximum atomic E-state index is 11.3. The van der Waals surface area contributed by atoms with Crippen LogP contribution in [0.25, 0.3) is 0 Å². The zero-order valence-corrected chi connectivity index (χ0v) is 9.57. The van der Waals surface area contributed by atoms with Crippen molar-refractivity contribution >= 4 is 21.7 Å². The molecule has 0 unspecified atom stereocenters. The molecule has 0 aliphatic heterocycles. The van der Waals surface area contributed by atoms with E-state index in [1.54, 1.807) is 0 Å². The number of nitrogens with one attached hydrogen (secondary N) is 1. The zero-order valence-electron chi connectivity index (χ0n) is 8.75. The molecule has 1 rings (SSSR count). The molecular formula is C10H11NO5S. The number of benzene rings is 1. The molecule has 17 heavy (non-hydrogen) atoms. The summed E-state index contributed by atoms with van der Waals surface area (Å²) in [6, 6.07) is 3.40. The highest BCUT2D eigenvalue weighted by molar-refractivity contribution is 7.92.